The maximum Gasteiger partial charge on any atom is 0.222 e. The number of hydrogen-bond acceptors (Lipinski definition) is 2. The highest BCUT2D eigenvalue weighted by atomic mass is 16.2. The molecule has 0 unspecified atom stereocenters. The lowest BCUT2D eigenvalue weighted by molar-refractivity contribution is -0.132. The fourth-order valence-electron chi connectivity index (χ4n) is 3.31. The molecular weight excluding hydrogens is 288 g/mol. The molecule has 0 saturated heterocycles. The summed E-state index contributed by atoms with van der Waals surface area (Å²) in [5.41, 5.74) is 2.61. The number of carbonyl (C=O) groups excluding carboxylic acids is 2. The summed E-state index contributed by atoms with van der Waals surface area (Å²) in [6, 6.07) is 8.32. The third kappa shape index (κ3) is 4.34. The van der Waals surface area contributed by atoms with Gasteiger partial charge in [0.15, 0.2) is 0 Å². The van der Waals surface area contributed by atoms with Crippen LogP contribution in [0.2, 0.25) is 0 Å². The summed E-state index contributed by atoms with van der Waals surface area (Å²) in [5, 5.41) is 2.99. The third-order valence-electron chi connectivity index (χ3n) is 5.09. The largest absolute Gasteiger partial charge is 0.356 e. The Balaban J connectivity index is 1.35. The van der Waals surface area contributed by atoms with Crippen molar-refractivity contribution in [2.45, 2.75) is 51.5 Å². The molecule has 1 aliphatic heterocycles. The molecule has 4 nitrogen and oxygen atoms in total. The van der Waals surface area contributed by atoms with Crippen molar-refractivity contribution in [1.82, 2.24) is 10.2 Å². The summed E-state index contributed by atoms with van der Waals surface area (Å²) >= 11 is 0. The van der Waals surface area contributed by atoms with Gasteiger partial charge in [-0.25, -0.2) is 0 Å². The van der Waals surface area contributed by atoms with Gasteiger partial charge >= 0.3 is 0 Å². The van der Waals surface area contributed by atoms with Crippen molar-refractivity contribution >= 4 is 11.8 Å². The zero-order valence-corrected chi connectivity index (χ0v) is 13.7. The minimum absolute atomic E-state index is 0.0914. The fraction of sp³-hybridized carbons (Fsp3) is 0.579. The minimum Gasteiger partial charge on any atom is -0.356 e. The number of fused-ring (bicyclic) bond motifs is 1. The summed E-state index contributed by atoms with van der Waals surface area (Å²) in [6.45, 7) is 2.32. The van der Waals surface area contributed by atoms with Gasteiger partial charge in [-0.15, -0.1) is 0 Å². The highest BCUT2D eigenvalue weighted by molar-refractivity contribution is 5.79. The zero-order chi connectivity index (χ0) is 16.1. The molecule has 1 fully saturated rings. The van der Waals surface area contributed by atoms with E-state index in [1.165, 1.54) is 30.4 Å². The molecule has 0 aromatic heterocycles. The molecule has 2 amide bonds. The number of nitrogens with zero attached hydrogens (tertiary/aromatic N) is 1. The smallest absolute Gasteiger partial charge is 0.222 e. The highest BCUT2D eigenvalue weighted by Gasteiger charge is 2.20. The zero-order valence-electron chi connectivity index (χ0n) is 13.7. The Kier molecular flexibility index (Phi) is 5.31. The van der Waals surface area contributed by atoms with Crippen molar-refractivity contribution in [2.75, 3.05) is 13.1 Å². The molecule has 1 aromatic rings. The molecule has 1 saturated carbocycles. The molecule has 23 heavy (non-hydrogen) atoms. The van der Waals surface area contributed by atoms with Crippen LogP contribution in [-0.4, -0.2) is 29.8 Å². The van der Waals surface area contributed by atoms with E-state index in [1.54, 1.807) is 0 Å². The lowest BCUT2D eigenvalue weighted by Crippen LogP contribution is -2.36. The van der Waals surface area contributed by atoms with Gasteiger partial charge < -0.3 is 10.2 Å². The van der Waals surface area contributed by atoms with Crippen LogP contribution in [0.1, 0.15) is 49.7 Å². The number of rotatable bonds is 6. The summed E-state index contributed by atoms with van der Waals surface area (Å²) < 4.78 is 0. The Labute approximate surface area is 138 Å². The molecular formula is C19H26N2O2. The van der Waals surface area contributed by atoms with E-state index in [-0.39, 0.29) is 11.8 Å². The second-order valence-corrected chi connectivity index (χ2v) is 6.79. The molecule has 2 aliphatic rings. The monoisotopic (exact) mass is 314 g/mol. The van der Waals surface area contributed by atoms with Crippen molar-refractivity contribution in [3.8, 4) is 0 Å². The standard InChI is InChI=1S/C19H26N2O2/c22-18(20-13-15-5-3-6-15)9-4-10-19(23)21-12-11-16-7-1-2-8-17(16)14-21/h1-2,7-8,15H,3-6,9-14H2,(H,20,22). The lowest BCUT2D eigenvalue weighted by Gasteiger charge is -2.29. The van der Waals surface area contributed by atoms with Crippen molar-refractivity contribution in [3.05, 3.63) is 35.4 Å². The van der Waals surface area contributed by atoms with Gasteiger partial charge in [-0.1, -0.05) is 30.7 Å². The number of nitrogens with one attached hydrogen (secondary N) is 1. The van der Waals surface area contributed by atoms with Crippen LogP contribution in [0.15, 0.2) is 24.3 Å². The van der Waals surface area contributed by atoms with Gasteiger partial charge in [-0.2, -0.15) is 0 Å². The first-order chi connectivity index (χ1) is 11.2. The van der Waals surface area contributed by atoms with E-state index in [0.29, 0.717) is 31.7 Å². The average molecular weight is 314 g/mol. The van der Waals surface area contributed by atoms with Crippen LogP contribution in [0.5, 0.6) is 0 Å². The Morgan fingerprint density at radius 1 is 1.13 bits per heavy atom. The normalized spacial score (nSPS) is 17.3. The van der Waals surface area contributed by atoms with Gasteiger partial charge in [0.1, 0.15) is 0 Å². The predicted molar refractivity (Wildman–Crippen MR) is 89.8 cm³/mol. The summed E-state index contributed by atoms with van der Waals surface area (Å²) in [4.78, 5) is 26.0. The minimum atomic E-state index is 0.0914. The van der Waals surface area contributed by atoms with Gasteiger partial charge in [0, 0.05) is 32.5 Å². The first kappa shape index (κ1) is 16.0. The number of amides is 2. The van der Waals surface area contributed by atoms with E-state index >= 15 is 0 Å². The number of hydrogen-bond donors (Lipinski definition) is 1. The Morgan fingerprint density at radius 3 is 2.65 bits per heavy atom. The van der Waals surface area contributed by atoms with Crippen molar-refractivity contribution < 1.29 is 9.59 Å². The SMILES string of the molecule is O=C(CCCC(=O)N1CCc2ccccc2C1)NCC1CCC1. The highest BCUT2D eigenvalue weighted by Crippen LogP contribution is 2.25. The van der Waals surface area contributed by atoms with Gasteiger partial charge in [0.25, 0.3) is 0 Å². The van der Waals surface area contributed by atoms with Crippen LogP contribution in [0.4, 0.5) is 0 Å². The average Bonchev–Trinajstić information content (AvgIpc) is 2.53. The van der Waals surface area contributed by atoms with Crippen molar-refractivity contribution in [2.24, 2.45) is 5.92 Å². The van der Waals surface area contributed by atoms with E-state index in [9.17, 15) is 9.59 Å². The number of benzene rings is 1. The molecule has 0 radical (unpaired) electrons. The summed E-state index contributed by atoms with van der Waals surface area (Å²) in [7, 11) is 0. The first-order valence-electron chi connectivity index (χ1n) is 8.83. The molecule has 1 aliphatic carbocycles. The quantitative estimate of drug-likeness (QED) is 0.877. The van der Waals surface area contributed by atoms with E-state index in [2.05, 4.69) is 23.5 Å². The van der Waals surface area contributed by atoms with E-state index in [4.69, 9.17) is 0 Å². The molecule has 1 N–H and O–H groups in total. The first-order valence-corrected chi connectivity index (χ1v) is 8.83. The molecule has 0 atom stereocenters. The van der Waals surface area contributed by atoms with Crippen LogP contribution < -0.4 is 5.32 Å². The van der Waals surface area contributed by atoms with Crippen molar-refractivity contribution in [3.63, 3.8) is 0 Å². The Hall–Kier alpha value is -1.84. The molecule has 0 bridgehead atoms. The maximum atomic E-state index is 12.3. The van der Waals surface area contributed by atoms with E-state index in [1.807, 2.05) is 11.0 Å². The second-order valence-electron chi connectivity index (χ2n) is 6.79. The molecule has 1 aromatic carbocycles. The molecule has 4 heteroatoms. The summed E-state index contributed by atoms with van der Waals surface area (Å²) in [6.07, 6.45) is 6.30. The molecule has 1 heterocycles. The fourth-order valence-corrected chi connectivity index (χ4v) is 3.31. The van der Waals surface area contributed by atoms with Crippen LogP contribution in [0, 0.1) is 5.92 Å². The molecule has 124 valence electrons. The van der Waals surface area contributed by atoms with Gasteiger partial charge in [0.05, 0.1) is 0 Å². The van der Waals surface area contributed by atoms with Crippen LogP contribution >= 0.6 is 0 Å². The Bertz CT molecular complexity index is 566. The lowest BCUT2D eigenvalue weighted by atomic mass is 9.85. The predicted octanol–water partition coefficient (Wildman–Crippen LogP) is 2.66. The summed E-state index contributed by atoms with van der Waals surface area (Å²) in [5.74, 6) is 0.953. The topological polar surface area (TPSA) is 49.4 Å². The van der Waals surface area contributed by atoms with E-state index < -0.39 is 0 Å². The van der Waals surface area contributed by atoms with Crippen LogP contribution in [0.3, 0.4) is 0 Å². The Morgan fingerprint density at radius 2 is 1.91 bits per heavy atom. The van der Waals surface area contributed by atoms with Crippen LogP contribution in [-0.2, 0) is 22.6 Å². The third-order valence-corrected chi connectivity index (χ3v) is 5.09. The van der Waals surface area contributed by atoms with Gasteiger partial charge in [0.2, 0.25) is 11.8 Å². The van der Waals surface area contributed by atoms with E-state index in [0.717, 1.165) is 19.5 Å². The number of carbonyl (C=O) groups is 2. The van der Waals surface area contributed by atoms with Crippen LogP contribution in [0.25, 0.3) is 0 Å². The van der Waals surface area contributed by atoms with Crippen molar-refractivity contribution in [1.29, 1.82) is 0 Å². The molecule has 3 rings (SSSR count). The molecule has 0 spiro atoms. The van der Waals surface area contributed by atoms with Gasteiger partial charge in [-0.05, 0) is 42.7 Å². The second kappa shape index (κ2) is 7.62. The van der Waals surface area contributed by atoms with Gasteiger partial charge in [-0.3, -0.25) is 9.59 Å². The maximum absolute atomic E-state index is 12.3.